The van der Waals surface area contributed by atoms with Crippen molar-refractivity contribution >= 4 is 125 Å². The number of aromatic nitrogens is 2. The Balaban J connectivity index is 0.000000185. The molecule has 4 heterocycles. The zero-order valence-corrected chi connectivity index (χ0v) is 38.7. The van der Waals surface area contributed by atoms with Crippen molar-refractivity contribution in [2.45, 2.75) is 45.5 Å². The Morgan fingerprint density at radius 3 is 1.36 bits per heavy atom. The molecule has 0 fully saturated rings. The molecule has 0 aliphatic heterocycles. The molecule has 4 aromatic carbocycles. The highest BCUT2D eigenvalue weighted by atomic mass is 35.5. The van der Waals surface area contributed by atoms with E-state index in [4.69, 9.17) is 17.3 Å². The van der Waals surface area contributed by atoms with E-state index in [-0.39, 0.29) is 34.9 Å². The number of thiazole rings is 2. The summed E-state index contributed by atoms with van der Waals surface area (Å²) in [4.78, 5) is 55.4. The standard InChI is InChI=1S/C23H16F3N3O2S2.C14H12N4OS2.C8H4ClF3O/c1-13(30)10-14-2-8-17(9-3-14)28-29-21-12-19-22(33-21)27-20(32-19)11-18(31)15-4-6-16(7-5-15)23(24,25)26;1-8(19)6-9-2-4-10(5-3-9)17-18-12-7-11-13(21-12)16-14(15)20-11;9-7(13)5-1-3-6(4-2-5)8(10,11)12/h2-9,12H,10-11H2,1H3;2-5,7H,6H2,1H3,(H2,15,16);1-4H. The van der Waals surface area contributed by atoms with Crippen molar-refractivity contribution in [3.63, 3.8) is 0 Å². The van der Waals surface area contributed by atoms with Crippen LogP contribution in [-0.4, -0.2) is 32.6 Å². The predicted octanol–water partition coefficient (Wildman–Crippen LogP) is 14.9. The summed E-state index contributed by atoms with van der Waals surface area (Å²) in [6.45, 7) is 3.12. The molecule has 0 bridgehead atoms. The highest BCUT2D eigenvalue weighted by molar-refractivity contribution is 7.30. The Hall–Kier alpha value is -6.39. The van der Waals surface area contributed by atoms with Crippen molar-refractivity contribution in [2.75, 3.05) is 5.73 Å². The Kier molecular flexibility index (Phi) is 16.4. The Morgan fingerprint density at radius 2 is 0.970 bits per heavy atom. The number of fused-ring (bicyclic) bond motifs is 2. The number of Topliss-reactive ketones (excluding diaryl/α,β-unsaturated/α-hetero) is 3. The first-order chi connectivity index (χ1) is 31.7. The van der Waals surface area contributed by atoms with Crippen molar-refractivity contribution in [3.8, 4) is 0 Å². The lowest BCUT2D eigenvalue weighted by Crippen LogP contribution is -2.07. The number of azo groups is 2. The molecule has 0 amide bonds. The summed E-state index contributed by atoms with van der Waals surface area (Å²) in [5, 5.41) is 18.7. The van der Waals surface area contributed by atoms with E-state index in [9.17, 15) is 45.5 Å². The van der Waals surface area contributed by atoms with Crippen LogP contribution in [0.3, 0.4) is 0 Å². The zero-order valence-electron chi connectivity index (χ0n) is 34.7. The van der Waals surface area contributed by atoms with Gasteiger partial charge in [0.1, 0.15) is 36.2 Å². The first-order valence-corrected chi connectivity index (χ1v) is 23.0. The van der Waals surface area contributed by atoms with Gasteiger partial charge in [0.05, 0.1) is 38.3 Å². The molecule has 0 aliphatic carbocycles. The summed E-state index contributed by atoms with van der Waals surface area (Å²) >= 11 is 10.6. The highest BCUT2D eigenvalue weighted by Crippen LogP contribution is 2.38. The van der Waals surface area contributed by atoms with Crippen molar-refractivity contribution in [2.24, 2.45) is 20.5 Å². The van der Waals surface area contributed by atoms with Gasteiger partial charge in [0.2, 0.25) is 0 Å². The molecular weight excluding hydrogens is 980 g/mol. The van der Waals surface area contributed by atoms with Crippen LogP contribution >= 0.6 is 56.9 Å². The van der Waals surface area contributed by atoms with E-state index in [0.717, 1.165) is 77.3 Å². The minimum absolute atomic E-state index is 0.0148. The monoisotopic (exact) mass is 1010 g/mol. The summed E-state index contributed by atoms with van der Waals surface area (Å²) in [5.41, 5.74) is 7.63. The van der Waals surface area contributed by atoms with Crippen LogP contribution in [-0.2, 0) is 41.2 Å². The minimum atomic E-state index is -4.44. The fourth-order valence-electron chi connectivity index (χ4n) is 5.70. The fraction of sp³-hybridized carbons (Fsp3) is 0.156. The molecule has 0 aliphatic rings. The van der Waals surface area contributed by atoms with Gasteiger partial charge in [-0.1, -0.05) is 70.4 Å². The van der Waals surface area contributed by atoms with Gasteiger partial charge in [-0.2, -0.15) is 26.3 Å². The van der Waals surface area contributed by atoms with Gasteiger partial charge >= 0.3 is 12.4 Å². The van der Waals surface area contributed by atoms with E-state index in [1.165, 1.54) is 57.5 Å². The summed E-state index contributed by atoms with van der Waals surface area (Å²) in [6, 6.07) is 26.4. The zero-order chi connectivity index (χ0) is 48.5. The summed E-state index contributed by atoms with van der Waals surface area (Å²) in [6.07, 6.45) is -7.97. The molecule has 4 aromatic heterocycles. The second-order valence-electron chi connectivity index (χ2n) is 14.2. The summed E-state index contributed by atoms with van der Waals surface area (Å²) < 4.78 is 75.9. The van der Waals surface area contributed by atoms with Gasteiger partial charge < -0.3 is 5.73 Å². The number of anilines is 1. The van der Waals surface area contributed by atoms with E-state index >= 15 is 0 Å². The molecule has 8 rings (SSSR count). The topological polar surface area (TPSA) is 170 Å². The van der Waals surface area contributed by atoms with Crippen LogP contribution in [0.5, 0.6) is 0 Å². The van der Waals surface area contributed by atoms with E-state index in [2.05, 4.69) is 30.4 Å². The number of hydrogen-bond donors (Lipinski definition) is 1. The number of hydrogen-bond acceptors (Lipinski definition) is 15. The van der Waals surface area contributed by atoms with Crippen LogP contribution in [0.1, 0.15) is 61.8 Å². The molecule has 0 spiro atoms. The fourth-order valence-corrected chi connectivity index (χ4v) is 9.69. The number of nitrogen functional groups attached to an aromatic ring is 1. The number of halogens is 7. The normalized spacial score (nSPS) is 11.7. The lowest BCUT2D eigenvalue weighted by Gasteiger charge is -2.06. The number of benzene rings is 4. The maximum Gasteiger partial charge on any atom is 0.416 e. The van der Waals surface area contributed by atoms with E-state index < -0.39 is 28.7 Å². The van der Waals surface area contributed by atoms with E-state index in [0.29, 0.717) is 33.7 Å². The number of carbonyl (C=O) groups is 4. The van der Waals surface area contributed by atoms with Crippen LogP contribution in [0.4, 0.5) is 52.9 Å². The van der Waals surface area contributed by atoms with Crippen LogP contribution in [0, 0.1) is 0 Å². The molecule has 2 N–H and O–H groups in total. The molecule has 0 saturated heterocycles. The SMILES string of the molecule is CC(=O)Cc1ccc(N=Nc2cc3sc(CC(=O)c4ccc(C(F)(F)F)cc4)nc3s2)cc1.CC(=O)Cc1ccc(N=Nc2cc3sc(N)nc3s2)cc1.O=C(Cl)c1ccc(C(F)(F)F)cc1. The Bertz CT molecular complexity index is 3030. The highest BCUT2D eigenvalue weighted by Gasteiger charge is 2.31. The lowest BCUT2D eigenvalue weighted by molar-refractivity contribution is -0.138. The number of thiophene rings is 2. The van der Waals surface area contributed by atoms with Gasteiger partial charge in [-0.05, 0) is 109 Å². The largest absolute Gasteiger partial charge is 0.416 e. The molecule has 344 valence electrons. The Labute approximate surface area is 397 Å². The third kappa shape index (κ3) is 14.8. The molecule has 0 radical (unpaired) electrons. The van der Waals surface area contributed by atoms with Gasteiger partial charge in [-0.3, -0.25) is 19.2 Å². The van der Waals surface area contributed by atoms with Crippen LogP contribution in [0.15, 0.2) is 130 Å². The number of rotatable bonds is 12. The molecule has 0 atom stereocenters. The third-order valence-corrected chi connectivity index (χ3v) is 12.9. The van der Waals surface area contributed by atoms with Crippen molar-refractivity contribution < 1.29 is 45.5 Å². The molecule has 11 nitrogen and oxygen atoms in total. The number of nitrogens with two attached hydrogens (primary N) is 1. The summed E-state index contributed by atoms with van der Waals surface area (Å²) in [5.74, 6) is -0.0518. The first kappa shape index (κ1) is 50.0. The smallest absolute Gasteiger partial charge is 0.375 e. The maximum atomic E-state index is 12.7. The van der Waals surface area contributed by atoms with Gasteiger partial charge in [0.15, 0.2) is 10.9 Å². The van der Waals surface area contributed by atoms with Crippen LogP contribution in [0.2, 0.25) is 0 Å². The molecule has 0 saturated carbocycles. The van der Waals surface area contributed by atoms with Crippen molar-refractivity contribution in [1.82, 2.24) is 9.97 Å². The van der Waals surface area contributed by atoms with Crippen molar-refractivity contribution in [3.05, 3.63) is 148 Å². The number of carbonyl (C=O) groups excluding carboxylic acids is 4. The van der Waals surface area contributed by atoms with Crippen molar-refractivity contribution in [1.29, 1.82) is 0 Å². The van der Waals surface area contributed by atoms with Gasteiger partial charge in [0.25, 0.3) is 5.24 Å². The molecule has 0 unspecified atom stereocenters. The maximum absolute atomic E-state index is 12.7. The first-order valence-electron chi connectivity index (χ1n) is 19.3. The van der Waals surface area contributed by atoms with E-state index in [1.54, 1.807) is 26.0 Å². The second kappa shape index (κ2) is 21.9. The quantitative estimate of drug-likeness (QED) is 0.0549. The average molecular weight is 1010 g/mol. The Morgan fingerprint density at radius 1 is 0.552 bits per heavy atom. The van der Waals surface area contributed by atoms with Gasteiger partial charge in [-0.15, -0.1) is 31.8 Å². The number of alkyl halides is 6. The van der Waals surface area contributed by atoms with Crippen LogP contribution < -0.4 is 5.73 Å². The molecule has 67 heavy (non-hydrogen) atoms. The predicted molar refractivity (Wildman–Crippen MR) is 251 cm³/mol. The summed E-state index contributed by atoms with van der Waals surface area (Å²) in [7, 11) is 0. The number of nitrogens with zero attached hydrogens (tertiary/aromatic N) is 6. The molecular formula is C45H32ClF6N7O4S4. The van der Waals surface area contributed by atoms with Gasteiger partial charge in [-0.25, -0.2) is 9.97 Å². The minimum Gasteiger partial charge on any atom is -0.375 e. The van der Waals surface area contributed by atoms with E-state index in [1.807, 2.05) is 48.5 Å². The third-order valence-electron chi connectivity index (χ3n) is 8.81. The second-order valence-corrected chi connectivity index (χ2v) is 18.7. The number of ketones is 3. The van der Waals surface area contributed by atoms with Crippen LogP contribution in [0.25, 0.3) is 19.1 Å². The molecule has 22 heteroatoms. The lowest BCUT2D eigenvalue weighted by atomic mass is 10.1. The average Bonchev–Trinajstić information content (AvgIpc) is 4.03. The molecule has 8 aromatic rings. The van der Waals surface area contributed by atoms with Gasteiger partial charge in [0, 0.05) is 24.0 Å².